The number of nitrogens with zero attached hydrogens (tertiary/aromatic N) is 1. The van der Waals surface area contributed by atoms with Crippen LogP contribution in [-0.2, 0) is 0 Å². The van der Waals surface area contributed by atoms with Gasteiger partial charge >= 0.3 is 0 Å². The number of ether oxygens (including phenoxy) is 2. The van der Waals surface area contributed by atoms with E-state index >= 15 is 0 Å². The van der Waals surface area contributed by atoms with Gasteiger partial charge in [0.05, 0.1) is 19.8 Å². The van der Waals surface area contributed by atoms with Crippen LogP contribution in [0.5, 0.6) is 11.5 Å². The van der Waals surface area contributed by atoms with E-state index in [1.807, 2.05) is 12.1 Å². The highest BCUT2D eigenvalue weighted by atomic mass is 16.5. The number of methoxy groups -OCH3 is 2. The van der Waals surface area contributed by atoms with Crippen LogP contribution < -0.4 is 14.8 Å². The van der Waals surface area contributed by atoms with Gasteiger partial charge in [-0.05, 0) is 54.5 Å². The van der Waals surface area contributed by atoms with Gasteiger partial charge in [-0.25, -0.2) is 0 Å². The summed E-state index contributed by atoms with van der Waals surface area (Å²) < 4.78 is 10.9. The van der Waals surface area contributed by atoms with Gasteiger partial charge in [-0.3, -0.25) is 9.78 Å². The summed E-state index contributed by atoms with van der Waals surface area (Å²) >= 11 is 0. The van der Waals surface area contributed by atoms with Crippen LogP contribution in [0, 0.1) is 11.8 Å². The Kier molecular flexibility index (Phi) is 5.01. The minimum Gasteiger partial charge on any atom is -0.493 e. The van der Waals surface area contributed by atoms with Crippen molar-refractivity contribution in [2.24, 2.45) is 11.8 Å². The molecule has 1 heterocycles. The van der Waals surface area contributed by atoms with Crippen molar-refractivity contribution in [1.82, 2.24) is 10.3 Å². The predicted molar refractivity (Wildman–Crippen MR) is 103 cm³/mol. The van der Waals surface area contributed by atoms with E-state index in [1.165, 1.54) is 31.2 Å². The topological polar surface area (TPSA) is 60.5 Å². The largest absolute Gasteiger partial charge is 0.493 e. The van der Waals surface area contributed by atoms with Crippen molar-refractivity contribution in [3.63, 3.8) is 0 Å². The van der Waals surface area contributed by atoms with Gasteiger partial charge in [0.15, 0.2) is 11.5 Å². The molecule has 1 aromatic carbocycles. The fraction of sp³-hybridized carbons (Fsp3) is 0.455. The Balaban J connectivity index is 1.60. The minimum atomic E-state index is -0.0393. The standard InChI is InChI=1S/C22H26N2O3/c1-26-18-10-9-14(12-19(18)27-2)20-16-7-3-4-8-17(16)21(20)24-22(25)15-6-5-11-23-13-15/h5-6,9-13,16-17,20-21H,3-4,7-8H2,1-2H3,(H,24,25)/t16-,17+,20-,21-/m0/s1. The summed E-state index contributed by atoms with van der Waals surface area (Å²) in [6.45, 7) is 0. The van der Waals surface area contributed by atoms with Gasteiger partial charge in [-0.1, -0.05) is 18.9 Å². The second-order valence-electron chi connectivity index (χ2n) is 7.49. The molecule has 2 aromatic rings. The summed E-state index contributed by atoms with van der Waals surface area (Å²) in [5, 5.41) is 3.30. The van der Waals surface area contributed by atoms with Crippen molar-refractivity contribution in [2.75, 3.05) is 14.2 Å². The van der Waals surface area contributed by atoms with Crippen molar-refractivity contribution >= 4 is 5.91 Å². The second kappa shape index (κ2) is 7.59. The first-order valence-electron chi connectivity index (χ1n) is 9.65. The lowest BCUT2D eigenvalue weighted by atomic mass is 9.53. The summed E-state index contributed by atoms with van der Waals surface area (Å²) in [4.78, 5) is 16.8. The Morgan fingerprint density at radius 2 is 1.85 bits per heavy atom. The number of pyridine rings is 1. The molecule has 0 bridgehead atoms. The van der Waals surface area contributed by atoms with Gasteiger partial charge < -0.3 is 14.8 Å². The molecule has 1 amide bonds. The van der Waals surface area contributed by atoms with Crippen LogP contribution in [0.3, 0.4) is 0 Å². The normalized spacial score (nSPS) is 26.4. The monoisotopic (exact) mass is 366 g/mol. The van der Waals surface area contributed by atoms with E-state index < -0.39 is 0 Å². The van der Waals surface area contributed by atoms with E-state index in [1.54, 1.807) is 32.7 Å². The van der Waals surface area contributed by atoms with E-state index in [4.69, 9.17) is 9.47 Å². The molecule has 5 nitrogen and oxygen atoms in total. The number of hydrogen-bond donors (Lipinski definition) is 1. The molecule has 0 spiro atoms. The number of amides is 1. The Bertz CT molecular complexity index is 808. The van der Waals surface area contributed by atoms with Crippen LogP contribution in [0.15, 0.2) is 42.7 Å². The molecule has 0 unspecified atom stereocenters. The molecule has 2 fully saturated rings. The van der Waals surface area contributed by atoms with Crippen LogP contribution in [0.1, 0.15) is 47.5 Å². The SMILES string of the molecule is COc1ccc([C@H]2[C@H]3CCCC[C@H]3[C@@H]2NC(=O)c2cccnc2)cc1OC. The molecule has 1 N–H and O–H groups in total. The Labute approximate surface area is 160 Å². The lowest BCUT2D eigenvalue weighted by Gasteiger charge is -2.55. The minimum absolute atomic E-state index is 0.0393. The fourth-order valence-electron chi connectivity index (χ4n) is 4.91. The third-order valence-electron chi connectivity index (χ3n) is 6.20. The molecule has 27 heavy (non-hydrogen) atoms. The van der Waals surface area contributed by atoms with Crippen LogP contribution in [-0.4, -0.2) is 31.2 Å². The summed E-state index contributed by atoms with van der Waals surface area (Å²) in [6, 6.07) is 9.90. The zero-order valence-electron chi connectivity index (χ0n) is 15.9. The zero-order valence-corrected chi connectivity index (χ0v) is 15.9. The molecule has 0 aliphatic heterocycles. The van der Waals surface area contributed by atoms with E-state index in [9.17, 15) is 4.79 Å². The fourth-order valence-corrected chi connectivity index (χ4v) is 4.91. The predicted octanol–water partition coefficient (Wildman–Crippen LogP) is 3.80. The maximum absolute atomic E-state index is 12.7. The second-order valence-corrected chi connectivity index (χ2v) is 7.49. The van der Waals surface area contributed by atoms with Gasteiger partial charge in [0.1, 0.15) is 0 Å². The molecule has 1 aromatic heterocycles. The van der Waals surface area contributed by atoms with Crippen LogP contribution in [0.25, 0.3) is 0 Å². The lowest BCUT2D eigenvalue weighted by Crippen LogP contribution is -2.59. The van der Waals surface area contributed by atoms with Crippen molar-refractivity contribution in [2.45, 2.75) is 37.6 Å². The van der Waals surface area contributed by atoms with E-state index in [-0.39, 0.29) is 11.9 Å². The van der Waals surface area contributed by atoms with E-state index in [0.29, 0.717) is 23.3 Å². The maximum atomic E-state index is 12.7. The van der Waals surface area contributed by atoms with Crippen molar-refractivity contribution in [3.8, 4) is 11.5 Å². The average molecular weight is 366 g/mol. The summed E-state index contributed by atoms with van der Waals surface area (Å²) in [7, 11) is 3.31. The first kappa shape index (κ1) is 17.8. The molecule has 142 valence electrons. The highest BCUT2D eigenvalue weighted by Gasteiger charge is 2.52. The third kappa shape index (κ3) is 3.27. The van der Waals surface area contributed by atoms with Crippen molar-refractivity contribution in [3.05, 3.63) is 53.9 Å². The first-order chi connectivity index (χ1) is 13.2. The Hall–Kier alpha value is -2.56. The van der Waals surface area contributed by atoms with E-state index in [0.717, 1.165) is 11.5 Å². The number of carbonyl (C=O) groups is 1. The van der Waals surface area contributed by atoms with Gasteiger partial charge in [-0.2, -0.15) is 0 Å². The van der Waals surface area contributed by atoms with Crippen LogP contribution in [0.4, 0.5) is 0 Å². The zero-order chi connectivity index (χ0) is 18.8. The van der Waals surface area contributed by atoms with Gasteiger partial charge in [0.2, 0.25) is 0 Å². The lowest BCUT2D eigenvalue weighted by molar-refractivity contribution is 0.0251. The molecule has 2 saturated carbocycles. The molecular formula is C22H26N2O3. The third-order valence-corrected chi connectivity index (χ3v) is 6.20. The molecular weight excluding hydrogens is 340 g/mol. The van der Waals surface area contributed by atoms with E-state index in [2.05, 4.69) is 22.4 Å². The van der Waals surface area contributed by atoms with Crippen molar-refractivity contribution < 1.29 is 14.3 Å². The number of nitrogens with one attached hydrogen (secondary N) is 1. The Morgan fingerprint density at radius 3 is 2.56 bits per heavy atom. The molecule has 4 atom stereocenters. The molecule has 4 rings (SSSR count). The highest BCUT2D eigenvalue weighted by Crippen LogP contribution is 2.55. The molecule has 0 radical (unpaired) electrons. The number of rotatable bonds is 5. The van der Waals surface area contributed by atoms with Crippen LogP contribution in [0.2, 0.25) is 0 Å². The Morgan fingerprint density at radius 1 is 1.07 bits per heavy atom. The molecule has 5 heteroatoms. The number of benzene rings is 1. The number of hydrogen-bond acceptors (Lipinski definition) is 4. The first-order valence-corrected chi connectivity index (χ1v) is 9.65. The maximum Gasteiger partial charge on any atom is 0.253 e. The van der Waals surface area contributed by atoms with Gasteiger partial charge in [0, 0.05) is 24.4 Å². The summed E-state index contributed by atoms with van der Waals surface area (Å²) in [5.74, 6) is 2.93. The molecule has 2 aliphatic carbocycles. The summed E-state index contributed by atoms with van der Waals surface area (Å²) in [5.41, 5.74) is 1.83. The molecule has 2 aliphatic rings. The van der Waals surface area contributed by atoms with Crippen molar-refractivity contribution in [1.29, 1.82) is 0 Å². The number of aromatic nitrogens is 1. The van der Waals surface area contributed by atoms with Gasteiger partial charge in [-0.15, -0.1) is 0 Å². The van der Waals surface area contributed by atoms with Gasteiger partial charge in [0.25, 0.3) is 5.91 Å². The molecule has 0 saturated heterocycles. The average Bonchev–Trinajstić information content (AvgIpc) is 2.72. The van der Waals surface area contributed by atoms with Crippen LogP contribution >= 0.6 is 0 Å². The smallest absolute Gasteiger partial charge is 0.253 e. The summed E-state index contributed by atoms with van der Waals surface area (Å²) in [6.07, 6.45) is 8.24. The highest BCUT2D eigenvalue weighted by molar-refractivity contribution is 5.94. The number of fused-ring (bicyclic) bond motifs is 1. The number of carbonyl (C=O) groups excluding carboxylic acids is 1. The quantitative estimate of drug-likeness (QED) is 0.874.